The molecule has 6 N–H and O–H groups in total. The van der Waals surface area contributed by atoms with Gasteiger partial charge in [0.25, 0.3) is 0 Å². The molecule has 2 saturated heterocycles. The van der Waals surface area contributed by atoms with Gasteiger partial charge in [0.1, 0.15) is 18.3 Å². The number of aliphatic hydroxyl groups is 3. The molecule has 0 amide bonds. The van der Waals surface area contributed by atoms with Crippen LogP contribution >= 0.6 is 0 Å². The van der Waals surface area contributed by atoms with Crippen LogP contribution in [0.5, 0.6) is 0 Å². The van der Waals surface area contributed by atoms with Gasteiger partial charge < -0.3 is 45.5 Å². The first-order valence-electron chi connectivity index (χ1n) is 10.4. The van der Waals surface area contributed by atoms with E-state index < -0.39 is 48.6 Å². The van der Waals surface area contributed by atoms with Crippen molar-refractivity contribution < 1.29 is 29.5 Å². The van der Waals surface area contributed by atoms with Crippen LogP contribution in [0.2, 0.25) is 0 Å². The summed E-state index contributed by atoms with van der Waals surface area (Å²) in [6, 6.07) is -1.49. The van der Waals surface area contributed by atoms with Crippen LogP contribution in [0.15, 0.2) is 0 Å². The molecule has 0 aromatic rings. The fourth-order valence-corrected chi connectivity index (χ4v) is 4.63. The fraction of sp³-hybridized carbons (Fsp3) is 1.00. The summed E-state index contributed by atoms with van der Waals surface area (Å²) in [5, 5.41) is 42.3. The van der Waals surface area contributed by atoms with E-state index in [0.29, 0.717) is 12.3 Å². The minimum atomic E-state index is -1.70. The standard InChI is InChI=1S/C19H37N3O6/c1-9(2)6-7-22-11-8-10(3)26-18-19(11,25)28-16-13(21-5)14(23)12(20-4)15(24)17(16)27-18/h9-18,20-25H,6-8H2,1-5H3/t10-,11-,12-,13+,14+,15+,16?,17?,18?,19+/m1/s1. The largest absolute Gasteiger partial charge is 0.390 e. The first kappa shape index (κ1) is 22.3. The molecule has 28 heavy (non-hydrogen) atoms. The van der Waals surface area contributed by atoms with E-state index in [2.05, 4.69) is 29.8 Å². The Labute approximate surface area is 167 Å². The van der Waals surface area contributed by atoms with Gasteiger partial charge in [0.15, 0.2) is 0 Å². The van der Waals surface area contributed by atoms with Crippen LogP contribution in [0.25, 0.3) is 0 Å². The SMILES string of the molecule is CN[C@@H]1[C@H](O)[C@H](NC)C2O[C@]3(O)C(OC2[C@H]1O)O[C@H](C)C[C@H]3NCCC(C)C. The summed E-state index contributed by atoms with van der Waals surface area (Å²) in [5.41, 5.74) is 0. The lowest BCUT2D eigenvalue weighted by Gasteiger charge is -2.58. The minimum Gasteiger partial charge on any atom is -0.390 e. The molecule has 164 valence electrons. The van der Waals surface area contributed by atoms with E-state index >= 15 is 0 Å². The Bertz CT molecular complexity index is 526. The topological polar surface area (TPSA) is 124 Å². The molecule has 3 unspecified atom stereocenters. The molecule has 0 radical (unpaired) electrons. The van der Waals surface area contributed by atoms with Crippen molar-refractivity contribution in [1.29, 1.82) is 0 Å². The summed E-state index contributed by atoms with van der Waals surface area (Å²) in [6.07, 6.45) is -3.00. The lowest BCUT2D eigenvalue weighted by Crippen LogP contribution is -2.79. The second-order valence-corrected chi connectivity index (χ2v) is 8.75. The second kappa shape index (κ2) is 8.79. The highest BCUT2D eigenvalue weighted by Gasteiger charge is 2.63. The zero-order chi connectivity index (χ0) is 20.6. The fourth-order valence-electron chi connectivity index (χ4n) is 4.63. The Hall–Kier alpha value is -0.360. The van der Waals surface area contributed by atoms with Crippen molar-refractivity contribution in [3.63, 3.8) is 0 Å². The highest BCUT2D eigenvalue weighted by Crippen LogP contribution is 2.41. The van der Waals surface area contributed by atoms with Crippen molar-refractivity contribution in [3.8, 4) is 0 Å². The van der Waals surface area contributed by atoms with Crippen molar-refractivity contribution in [2.24, 2.45) is 5.92 Å². The van der Waals surface area contributed by atoms with Crippen LogP contribution < -0.4 is 16.0 Å². The third-order valence-electron chi connectivity index (χ3n) is 6.26. The Morgan fingerprint density at radius 1 is 1.04 bits per heavy atom. The molecule has 3 fully saturated rings. The molecule has 0 bridgehead atoms. The van der Waals surface area contributed by atoms with Crippen molar-refractivity contribution in [2.45, 2.75) is 94.3 Å². The molecular formula is C19H37N3O6. The predicted octanol–water partition coefficient (Wildman–Crippen LogP) is -1.49. The molecule has 2 aliphatic heterocycles. The lowest BCUT2D eigenvalue weighted by atomic mass is 9.79. The Balaban J connectivity index is 1.83. The molecule has 1 saturated carbocycles. The number of ether oxygens (including phenoxy) is 3. The Morgan fingerprint density at radius 3 is 2.32 bits per heavy atom. The van der Waals surface area contributed by atoms with Gasteiger partial charge in [-0.2, -0.15) is 0 Å². The summed E-state index contributed by atoms with van der Waals surface area (Å²) < 4.78 is 18.1. The highest BCUT2D eigenvalue weighted by molar-refractivity contribution is 5.10. The van der Waals surface area contributed by atoms with Gasteiger partial charge in [0, 0.05) is 0 Å². The molecular weight excluding hydrogens is 366 g/mol. The summed E-state index contributed by atoms with van der Waals surface area (Å²) in [7, 11) is 3.39. The van der Waals surface area contributed by atoms with Crippen LogP contribution in [0.4, 0.5) is 0 Å². The van der Waals surface area contributed by atoms with Crippen LogP contribution in [-0.4, -0.2) is 96.7 Å². The molecule has 0 aromatic carbocycles. The molecule has 3 aliphatic rings. The van der Waals surface area contributed by atoms with Gasteiger partial charge in [-0.3, -0.25) is 0 Å². The Morgan fingerprint density at radius 2 is 1.71 bits per heavy atom. The first-order valence-corrected chi connectivity index (χ1v) is 10.4. The van der Waals surface area contributed by atoms with Crippen molar-refractivity contribution in [2.75, 3.05) is 20.6 Å². The number of likely N-dealkylation sites (N-methyl/N-ethyl adjacent to an activating group) is 2. The number of rotatable bonds is 6. The average Bonchev–Trinajstić information content (AvgIpc) is 2.62. The molecule has 10 atom stereocenters. The molecule has 2 heterocycles. The monoisotopic (exact) mass is 403 g/mol. The summed E-state index contributed by atoms with van der Waals surface area (Å²) in [6.45, 7) is 6.97. The zero-order valence-electron chi connectivity index (χ0n) is 17.5. The number of aliphatic hydroxyl groups excluding tert-OH is 2. The van der Waals surface area contributed by atoms with Crippen molar-refractivity contribution >= 4 is 0 Å². The van der Waals surface area contributed by atoms with Gasteiger partial charge in [0.2, 0.25) is 12.1 Å². The van der Waals surface area contributed by atoms with E-state index in [9.17, 15) is 15.3 Å². The second-order valence-electron chi connectivity index (χ2n) is 8.75. The van der Waals surface area contributed by atoms with E-state index in [1.807, 2.05) is 6.92 Å². The maximum Gasteiger partial charge on any atom is 0.234 e. The number of fused-ring (bicyclic) bond motifs is 2. The minimum absolute atomic E-state index is 0.131. The summed E-state index contributed by atoms with van der Waals surface area (Å²) in [4.78, 5) is 0. The van der Waals surface area contributed by atoms with E-state index in [1.165, 1.54) is 0 Å². The third kappa shape index (κ3) is 3.97. The van der Waals surface area contributed by atoms with Gasteiger partial charge >= 0.3 is 0 Å². The van der Waals surface area contributed by atoms with E-state index in [-0.39, 0.29) is 12.1 Å². The summed E-state index contributed by atoms with van der Waals surface area (Å²) >= 11 is 0. The number of nitrogens with one attached hydrogen (secondary N) is 3. The van der Waals surface area contributed by atoms with Crippen LogP contribution in [-0.2, 0) is 14.2 Å². The van der Waals surface area contributed by atoms with Crippen molar-refractivity contribution in [3.05, 3.63) is 0 Å². The maximum atomic E-state index is 11.4. The van der Waals surface area contributed by atoms with Gasteiger partial charge in [-0.25, -0.2) is 0 Å². The lowest BCUT2D eigenvalue weighted by molar-refractivity contribution is -0.449. The van der Waals surface area contributed by atoms with Crippen LogP contribution in [0.3, 0.4) is 0 Å². The van der Waals surface area contributed by atoms with Gasteiger partial charge in [-0.1, -0.05) is 13.8 Å². The first-order chi connectivity index (χ1) is 13.2. The highest BCUT2D eigenvalue weighted by atomic mass is 16.8. The van der Waals surface area contributed by atoms with E-state index in [4.69, 9.17) is 14.2 Å². The van der Waals surface area contributed by atoms with E-state index in [1.54, 1.807) is 14.1 Å². The number of hydrogen-bond donors (Lipinski definition) is 6. The smallest absolute Gasteiger partial charge is 0.234 e. The molecule has 0 spiro atoms. The maximum absolute atomic E-state index is 11.4. The van der Waals surface area contributed by atoms with Gasteiger partial charge in [-0.15, -0.1) is 0 Å². The molecule has 9 heteroatoms. The molecule has 0 aromatic heterocycles. The average molecular weight is 404 g/mol. The number of hydrogen-bond acceptors (Lipinski definition) is 9. The molecule has 1 aliphatic carbocycles. The van der Waals surface area contributed by atoms with E-state index in [0.717, 1.165) is 13.0 Å². The zero-order valence-corrected chi connectivity index (χ0v) is 17.5. The van der Waals surface area contributed by atoms with Crippen LogP contribution in [0.1, 0.15) is 33.6 Å². The van der Waals surface area contributed by atoms with Gasteiger partial charge in [0.05, 0.1) is 30.3 Å². The summed E-state index contributed by atoms with van der Waals surface area (Å²) in [5.74, 6) is -1.16. The third-order valence-corrected chi connectivity index (χ3v) is 6.26. The quantitative estimate of drug-likeness (QED) is 0.315. The van der Waals surface area contributed by atoms with Crippen molar-refractivity contribution in [1.82, 2.24) is 16.0 Å². The molecule has 9 nitrogen and oxygen atoms in total. The molecule has 3 rings (SSSR count). The van der Waals surface area contributed by atoms with Crippen LogP contribution in [0, 0.1) is 5.92 Å². The predicted molar refractivity (Wildman–Crippen MR) is 103 cm³/mol. The van der Waals surface area contributed by atoms with Gasteiger partial charge in [-0.05, 0) is 46.3 Å². The normalized spacial score (nSPS) is 49.0. The Kier molecular flexibility index (Phi) is 7.01.